The second kappa shape index (κ2) is 10.6. The van der Waals surface area contributed by atoms with Crippen molar-refractivity contribution in [3.05, 3.63) is 59.7 Å². The van der Waals surface area contributed by atoms with Gasteiger partial charge in [0.2, 0.25) is 0 Å². The number of nitrogens with zero attached hydrogens (tertiary/aromatic N) is 2. The fraction of sp³-hybridized carbons (Fsp3) is 0.417. The summed E-state index contributed by atoms with van der Waals surface area (Å²) >= 11 is 8.49. The van der Waals surface area contributed by atoms with Gasteiger partial charge < -0.3 is 0 Å². The number of carbonyl (C=O) groups is 2. The van der Waals surface area contributed by atoms with Crippen molar-refractivity contribution >= 4 is 37.1 Å². The van der Waals surface area contributed by atoms with Crippen LogP contribution in [0.15, 0.2) is 48.5 Å². The molecule has 162 valence electrons. The number of hydrogen-bond donors (Lipinski definition) is 2. The first kappa shape index (κ1) is 24.7. The number of benzene rings is 2. The van der Waals surface area contributed by atoms with Crippen molar-refractivity contribution in [3.8, 4) is 11.1 Å². The SMILES string of the molecule is C[N+](C)(CCS)C(=O)Cc1ccc(-c2ccc(CC(=O)[N+](C)(C)CCS)cc2)cc1. The van der Waals surface area contributed by atoms with Crippen LogP contribution in [-0.2, 0) is 22.4 Å². The van der Waals surface area contributed by atoms with Gasteiger partial charge in [-0.2, -0.15) is 25.3 Å². The monoisotopic (exact) mass is 446 g/mol. The van der Waals surface area contributed by atoms with Gasteiger partial charge in [0.1, 0.15) is 0 Å². The number of thiol groups is 2. The Kier molecular flexibility index (Phi) is 8.73. The average Bonchev–Trinajstić information content (AvgIpc) is 2.69. The zero-order valence-corrected chi connectivity index (χ0v) is 20.3. The number of hydrogen-bond acceptors (Lipinski definition) is 4. The van der Waals surface area contributed by atoms with Crippen LogP contribution in [0.25, 0.3) is 11.1 Å². The highest BCUT2D eigenvalue weighted by molar-refractivity contribution is 7.80. The van der Waals surface area contributed by atoms with E-state index < -0.39 is 0 Å². The van der Waals surface area contributed by atoms with E-state index in [1.54, 1.807) is 0 Å². The van der Waals surface area contributed by atoms with Gasteiger partial charge >= 0.3 is 11.8 Å². The first-order valence-electron chi connectivity index (χ1n) is 10.2. The number of quaternary nitrogens is 2. The third-order valence-electron chi connectivity index (χ3n) is 5.62. The molecule has 0 fully saturated rings. The Morgan fingerprint density at radius 3 is 1.20 bits per heavy atom. The number of likely N-dealkylation sites (N-methyl/N-ethyl adjacent to an activating group) is 2. The maximum absolute atomic E-state index is 12.5. The molecular weight excluding hydrogens is 412 g/mol. The summed E-state index contributed by atoms with van der Waals surface area (Å²) in [7, 11) is 7.71. The summed E-state index contributed by atoms with van der Waals surface area (Å²) in [5.74, 6) is 1.74. The summed E-state index contributed by atoms with van der Waals surface area (Å²) in [5.41, 5.74) is 4.22. The first-order valence-corrected chi connectivity index (χ1v) is 11.5. The maximum Gasteiger partial charge on any atom is 0.317 e. The lowest BCUT2D eigenvalue weighted by atomic mass is 10.0. The Hall–Kier alpha value is -1.60. The van der Waals surface area contributed by atoms with Gasteiger partial charge in [0, 0.05) is 11.5 Å². The van der Waals surface area contributed by atoms with E-state index in [1.807, 2.05) is 76.7 Å². The van der Waals surface area contributed by atoms with Crippen molar-refractivity contribution in [1.82, 2.24) is 0 Å². The Labute approximate surface area is 191 Å². The van der Waals surface area contributed by atoms with Gasteiger partial charge in [-0.3, -0.25) is 8.97 Å². The molecule has 2 amide bonds. The van der Waals surface area contributed by atoms with E-state index in [-0.39, 0.29) is 11.8 Å². The molecule has 2 rings (SSSR count). The summed E-state index contributed by atoms with van der Waals surface area (Å²) in [5, 5.41) is 0. The van der Waals surface area contributed by atoms with E-state index >= 15 is 0 Å². The summed E-state index contributed by atoms with van der Waals surface area (Å²) < 4.78 is 0.684. The Bertz CT molecular complexity index is 786. The molecule has 0 aliphatic carbocycles. The highest BCUT2D eigenvalue weighted by atomic mass is 32.1. The van der Waals surface area contributed by atoms with Crippen molar-refractivity contribution in [3.63, 3.8) is 0 Å². The van der Waals surface area contributed by atoms with Crippen LogP contribution in [0.3, 0.4) is 0 Å². The molecule has 0 saturated heterocycles. The van der Waals surface area contributed by atoms with E-state index in [0.29, 0.717) is 33.3 Å². The van der Waals surface area contributed by atoms with Crippen LogP contribution >= 0.6 is 25.3 Å². The van der Waals surface area contributed by atoms with Crippen LogP contribution < -0.4 is 0 Å². The van der Waals surface area contributed by atoms with Crippen LogP contribution in [0.2, 0.25) is 0 Å². The number of amides is 2. The summed E-state index contributed by atoms with van der Waals surface area (Å²) in [6.45, 7) is 1.44. The van der Waals surface area contributed by atoms with Gasteiger partial charge in [-0.15, -0.1) is 0 Å². The third-order valence-corrected chi connectivity index (χ3v) is 6.02. The summed E-state index contributed by atoms with van der Waals surface area (Å²) in [6.07, 6.45) is 0.838. The Balaban J connectivity index is 2.03. The zero-order chi connectivity index (χ0) is 22.4. The molecule has 4 nitrogen and oxygen atoms in total. The summed E-state index contributed by atoms with van der Waals surface area (Å²) in [4.78, 5) is 25.0. The molecule has 2 aromatic rings. The van der Waals surface area contributed by atoms with Crippen LogP contribution in [0, 0.1) is 0 Å². The fourth-order valence-corrected chi connectivity index (χ4v) is 4.16. The summed E-state index contributed by atoms with van der Waals surface area (Å²) in [6, 6.07) is 16.3. The molecule has 0 N–H and O–H groups in total. The quantitative estimate of drug-likeness (QED) is 0.457. The van der Waals surface area contributed by atoms with Crippen molar-refractivity contribution in [2.45, 2.75) is 12.8 Å². The number of rotatable bonds is 9. The van der Waals surface area contributed by atoms with Crippen molar-refractivity contribution in [1.29, 1.82) is 0 Å². The van der Waals surface area contributed by atoms with Gasteiger partial charge in [-0.05, 0) is 22.3 Å². The lowest BCUT2D eigenvalue weighted by Crippen LogP contribution is -2.47. The van der Waals surface area contributed by atoms with Crippen LogP contribution in [0.1, 0.15) is 11.1 Å². The predicted octanol–water partition coefficient (Wildman–Crippen LogP) is 3.50. The van der Waals surface area contributed by atoms with E-state index in [1.165, 1.54) is 0 Å². The highest BCUT2D eigenvalue weighted by Gasteiger charge is 2.26. The first-order chi connectivity index (χ1) is 14.1. The molecule has 0 bridgehead atoms. The second-order valence-corrected chi connectivity index (χ2v) is 9.69. The van der Waals surface area contributed by atoms with Crippen molar-refractivity contribution < 1.29 is 18.6 Å². The van der Waals surface area contributed by atoms with E-state index in [9.17, 15) is 9.59 Å². The molecular formula is C24H34N2O2S2+2. The Morgan fingerprint density at radius 1 is 0.633 bits per heavy atom. The van der Waals surface area contributed by atoms with Gasteiger partial charge in [-0.25, -0.2) is 9.59 Å². The lowest BCUT2D eigenvalue weighted by Gasteiger charge is -2.26. The van der Waals surface area contributed by atoms with E-state index in [2.05, 4.69) is 25.3 Å². The minimum Gasteiger partial charge on any atom is -0.264 e. The van der Waals surface area contributed by atoms with Crippen LogP contribution in [-0.4, -0.2) is 73.6 Å². The highest BCUT2D eigenvalue weighted by Crippen LogP contribution is 2.21. The van der Waals surface area contributed by atoms with Gasteiger partial charge in [0.25, 0.3) is 0 Å². The van der Waals surface area contributed by atoms with E-state index in [0.717, 1.165) is 35.3 Å². The van der Waals surface area contributed by atoms with Crippen molar-refractivity contribution in [2.75, 3.05) is 52.8 Å². The molecule has 2 aromatic carbocycles. The molecule has 6 heteroatoms. The molecule has 0 aromatic heterocycles. The zero-order valence-electron chi connectivity index (χ0n) is 18.5. The molecule has 0 aliphatic rings. The molecule has 0 heterocycles. The van der Waals surface area contributed by atoms with Gasteiger partial charge in [0.15, 0.2) is 0 Å². The topological polar surface area (TPSA) is 34.1 Å². The van der Waals surface area contributed by atoms with Crippen molar-refractivity contribution in [2.24, 2.45) is 0 Å². The molecule has 0 saturated carbocycles. The Morgan fingerprint density at radius 2 is 0.933 bits per heavy atom. The lowest BCUT2D eigenvalue weighted by molar-refractivity contribution is -0.811. The number of carbonyl (C=O) groups excluding carboxylic acids is 2. The molecule has 0 unspecified atom stereocenters. The fourth-order valence-electron chi connectivity index (χ4n) is 3.16. The molecule has 0 aliphatic heterocycles. The van der Waals surface area contributed by atoms with Gasteiger partial charge in [-0.1, -0.05) is 48.5 Å². The normalized spacial score (nSPS) is 12.1. The maximum atomic E-state index is 12.5. The molecule has 0 spiro atoms. The predicted molar refractivity (Wildman–Crippen MR) is 131 cm³/mol. The van der Waals surface area contributed by atoms with Crippen LogP contribution in [0.5, 0.6) is 0 Å². The molecule has 0 radical (unpaired) electrons. The molecule has 0 atom stereocenters. The standard InChI is InChI=1S/C24H32N2O2S2/c1-25(2,13-15-29)23(27)17-19-5-9-21(10-6-19)22-11-7-20(8-12-22)18-24(28)26(3,4)14-16-30/h5-12H,13-18H2,1-4H3/p+2. The molecule has 30 heavy (non-hydrogen) atoms. The minimum atomic E-state index is 0.185. The average molecular weight is 447 g/mol. The largest absolute Gasteiger partial charge is 0.317 e. The second-order valence-electron chi connectivity index (χ2n) is 8.80. The van der Waals surface area contributed by atoms with Crippen LogP contribution in [0.4, 0.5) is 0 Å². The van der Waals surface area contributed by atoms with Gasteiger partial charge in [0.05, 0.1) is 54.1 Å². The van der Waals surface area contributed by atoms with E-state index in [4.69, 9.17) is 0 Å². The smallest absolute Gasteiger partial charge is 0.264 e. The minimum absolute atomic E-state index is 0.185. The third kappa shape index (κ3) is 6.71.